The highest BCUT2D eigenvalue weighted by molar-refractivity contribution is 7.21. The molecule has 0 unspecified atom stereocenters. The van der Waals surface area contributed by atoms with Crippen LogP contribution in [0.25, 0.3) is 86.8 Å². The third-order valence-corrected chi connectivity index (χ3v) is 9.15. The molecule has 3 aromatic heterocycles. The number of benzene rings is 6. The maximum absolute atomic E-state index is 6.50. The molecule has 9 rings (SSSR count). The number of hydrogen-bond donors (Lipinski definition) is 0. The van der Waals surface area contributed by atoms with Gasteiger partial charge in [-0.3, -0.25) is 0 Å². The topological polar surface area (TPSA) is 38.9 Å². The van der Waals surface area contributed by atoms with Crippen molar-refractivity contribution in [2.24, 2.45) is 0 Å². The smallest absolute Gasteiger partial charge is 0.144 e. The first-order valence-electron chi connectivity index (χ1n) is 14.0. The molecule has 0 aliphatic heterocycles. The Morgan fingerprint density at radius 2 is 1.21 bits per heavy atom. The van der Waals surface area contributed by atoms with E-state index in [0.29, 0.717) is 0 Å². The lowest BCUT2D eigenvalue weighted by atomic mass is 9.96. The van der Waals surface area contributed by atoms with Crippen LogP contribution >= 0.6 is 11.3 Å². The van der Waals surface area contributed by atoms with E-state index in [1.165, 1.54) is 4.70 Å². The van der Waals surface area contributed by atoms with Gasteiger partial charge in [-0.05, 0) is 47.5 Å². The van der Waals surface area contributed by atoms with E-state index >= 15 is 0 Å². The van der Waals surface area contributed by atoms with Crippen LogP contribution in [-0.2, 0) is 0 Å². The molecule has 0 spiro atoms. The standard InChI is InChI=1S/C38H22N2OS/c1-2-9-23(10-3-1)38-40-32-20-17-25(22-34(32)42-38)24-11-8-12-26(21-24)36-30-19-18-28-27-13-5-7-16-33(27)41-37(28)35(30)29-14-4-6-15-31(29)39-36/h1-22H. The van der Waals surface area contributed by atoms with E-state index in [-0.39, 0.29) is 0 Å². The monoisotopic (exact) mass is 554 g/mol. The van der Waals surface area contributed by atoms with Crippen LogP contribution in [0.5, 0.6) is 0 Å². The zero-order chi connectivity index (χ0) is 27.6. The SMILES string of the molecule is c1ccc(-c2nc3ccc(-c4cccc(-c5nc6ccccc6c6c5ccc5c7ccccc7oc56)c4)cc3s2)cc1. The fourth-order valence-corrected chi connectivity index (χ4v) is 7.10. The molecule has 3 nitrogen and oxygen atoms in total. The second-order valence-electron chi connectivity index (χ2n) is 10.6. The van der Waals surface area contributed by atoms with Gasteiger partial charge in [-0.2, -0.15) is 0 Å². The fraction of sp³-hybridized carbons (Fsp3) is 0. The van der Waals surface area contributed by atoms with Gasteiger partial charge in [0.1, 0.15) is 16.2 Å². The zero-order valence-corrected chi connectivity index (χ0v) is 23.2. The highest BCUT2D eigenvalue weighted by Gasteiger charge is 2.17. The highest BCUT2D eigenvalue weighted by Crippen LogP contribution is 2.41. The summed E-state index contributed by atoms with van der Waals surface area (Å²) in [6, 6.07) is 46.6. The third-order valence-electron chi connectivity index (χ3n) is 8.09. The molecule has 0 N–H and O–H groups in total. The molecule has 0 fully saturated rings. The minimum Gasteiger partial charge on any atom is -0.455 e. The maximum Gasteiger partial charge on any atom is 0.144 e. The molecule has 4 heteroatoms. The van der Waals surface area contributed by atoms with Gasteiger partial charge in [-0.1, -0.05) is 97.1 Å². The highest BCUT2D eigenvalue weighted by atomic mass is 32.1. The molecule has 0 radical (unpaired) electrons. The molecular formula is C38H22N2OS. The van der Waals surface area contributed by atoms with Crippen molar-refractivity contribution in [3.05, 3.63) is 133 Å². The largest absolute Gasteiger partial charge is 0.455 e. The number of para-hydroxylation sites is 2. The number of furan rings is 1. The molecular weight excluding hydrogens is 532 g/mol. The van der Waals surface area contributed by atoms with Crippen molar-refractivity contribution in [1.82, 2.24) is 9.97 Å². The predicted molar refractivity (Wildman–Crippen MR) is 176 cm³/mol. The van der Waals surface area contributed by atoms with Crippen LogP contribution in [0.2, 0.25) is 0 Å². The van der Waals surface area contributed by atoms with Crippen molar-refractivity contribution < 1.29 is 4.42 Å². The number of thiazole rings is 1. The van der Waals surface area contributed by atoms with Crippen molar-refractivity contribution >= 4 is 65.2 Å². The van der Waals surface area contributed by atoms with E-state index < -0.39 is 0 Å². The Balaban J connectivity index is 1.23. The Bertz CT molecular complexity index is 2470. The Hall–Kier alpha value is -5.32. The van der Waals surface area contributed by atoms with Gasteiger partial charge in [0.15, 0.2) is 0 Å². The molecule has 0 atom stereocenters. The molecule has 0 aliphatic rings. The Morgan fingerprint density at radius 1 is 0.476 bits per heavy atom. The van der Waals surface area contributed by atoms with Crippen molar-refractivity contribution in [2.45, 2.75) is 0 Å². The Morgan fingerprint density at radius 3 is 2.14 bits per heavy atom. The number of nitrogens with zero attached hydrogens (tertiary/aromatic N) is 2. The predicted octanol–water partition coefficient (Wildman–Crippen LogP) is 10.9. The first kappa shape index (κ1) is 23.4. The van der Waals surface area contributed by atoms with Crippen LogP contribution in [0.3, 0.4) is 0 Å². The second kappa shape index (κ2) is 9.10. The van der Waals surface area contributed by atoms with Gasteiger partial charge < -0.3 is 4.42 Å². The Kier molecular flexibility index (Phi) is 5.07. The van der Waals surface area contributed by atoms with E-state index in [9.17, 15) is 0 Å². The minimum atomic E-state index is 0.901. The van der Waals surface area contributed by atoms with Crippen molar-refractivity contribution in [2.75, 3.05) is 0 Å². The summed E-state index contributed by atoms with van der Waals surface area (Å²) in [6.07, 6.45) is 0. The lowest BCUT2D eigenvalue weighted by Crippen LogP contribution is -1.91. The van der Waals surface area contributed by atoms with Crippen molar-refractivity contribution in [3.63, 3.8) is 0 Å². The summed E-state index contributed by atoms with van der Waals surface area (Å²) in [4.78, 5) is 10.1. The zero-order valence-electron chi connectivity index (χ0n) is 22.4. The second-order valence-corrected chi connectivity index (χ2v) is 11.6. The molecule has 3 heterocycles. The molecule has 196 valence electrons. The molecule has 0 amide bonds. The summed E-state index contributed by atoms with van der Waals surface area (Å²) in [7, 11) is 0. The number of fused-ring (bicyclic) bond motifs is 8. The van der Waals surface area contributed by atoms with E-state index in [1.54, 1.807) is 11.3 Å². The van der Waals surface area contributed by atoms with Gasteiger partial charge in [0.2, 0.25) is 0 Å². The summed E-state index contributed by atoms with van der Waals surface area (Å²) in [5, 5.41) is 6.59. The van der Waals surface area contributed by atoms with Crippen LogP contribution in [0.4, 0.5) is 0 Å². The minimum absolute atomic E-state index is 0.901. The summed E-state index contributed by atoms with van der Waals surface area (Å²) in [6.45, 7) is 0. The van der Waals surface area contributed by atoms with Gasteiger partial charge in [-0.25, -0.2) is 9.97 Å². The normalized spacial score (nSPS) is 11.8. The molecule has 42 heavy (non-hydrogen) atoms. The van der Waals surface area contributed by atoms with E-state index in [0.717, 1.165) is 82.1 Å². The first-order chi connectivity index (χ1) is 20.8. The van der Waals surface area contributed by atoms with Crippen LogP contribution in [0.15, 0.2) is 138 Å². The summed E-state index contributed by atoms with van der Waals surface area (Å²) in [5.41, 5.74) is 9.29. The molecule has 0 saturated carbocycles. The Labute approximate surface area is 245 Å². The lowest BCUT2D eigenvalue weighted by Gasteiger charge is -2.12. The third kappa shape index (κ3) is 3.59. The summed E-state index contributed by atoms with van der Waals surface area (Å²) >= 11 is 1.73. The first-order valence-corrected chi connectivity index (χ1v) is 14.8. The molecule has 0 bridgehead atoms. The van der Waals surface area contributed by atoms with Crippen molar-refractivity contribution in [3.8, 4) is 33.0 Å². The summed E-state index contributed by atoms with van der Waals surface area (Å²) in [5.74, 6) is 0. The van der Waals surface area contributed by atoms with Crippen LogP contribution in [0, 0.1) is 0 Å². The number of hydrogen-bond acceptors (Lipinski definition) is 4. The van der Waals surface area contributed by atoms with E-state index in [4.69, 9.17) is 14.4 Å². The van der Waals surface area contributed by atoms with E-state index in [2.05, 4.69) is 109 Å². The van der Waals surface area contributed by atoms with Crippen LogP contribution in [0.1, 0.15) is 0 Å². The average Bonchev–Trinajstić information content (AvgIpc) is 3.66. The maximum atomic E-state index is 6.50. The van der Waals surface area contributed by atoms with Crippen LogP contribution in [-0.4, -0.2) is 9.97 Å². The van der Waals surface area contributed by atoms with Gasteiger partial charge in [0, 0.05) is 38.1 Å². The molecule has 0 aliphatic carbocycles. The van der Waals surface area contributed by atoms with Gasteiger partial charge >= 0.3 is 0 Å². The number of rotatable bonds is 3. The summed E-state index contributed by atoms with van der Waals surface area (Å²) < 4.78 is 7.68. The fourth-order valence-electron chi connectivity index (χ4n) is 6.09. The number of pyridine rings is 1. The lowest BCUT2D eigenvalue weighted by molar-refractivity contribution is 0.673. The molecule has 0 saturated heterocycles. The quantitative estimate of drug-likeness (QED) is 0.204. The van der Waals surface area contributed by atoms with Gasteiger partial charge in [0.05, 0.1) is 21.4 Å². The van der Waals surface area contributed by atoms with Gasteiger partial charge in [0.25, 0.3) is 0 Å². The average molecular weight is 555 g/mol. The van der Waals surface area contributed by atoms with Crippen molar-refractivity contribution in [1.29, 1.82) is 0 Å². The van der Waals surface area contributed by atoms with Gasteiger partial charge in [-0.15, -0.1) is 11.3 Å². The molecule has 6 aromatic carbocycles. The van der Waals surface area contributed by atoms with E-state index in [1.807, 2.05) is 24.3 Å². The number of aromatic nitrogens is 2. The molecule has 9 aromatic rings. The van der Waals surface area contributed by atoms with Crippen LogP contribution < -0.4 is 0 Å².